The second kappa shape index (κ2) is 7.53. The molecule has 0 saturated carbocycles. The van der Waals surface area contributed by atoms with Gasteiger partial charge in [0.25, 0.3) is 5.69 Å². The standard InChI is InChI=1S/C14H17NO9/c1-7(16)22-6-10-11(17)12(18)13(19)14(24-10)23-9-4-2-8(3-5-9)15(20)21/h2-5,10-14,17-19H,6H2,1H3/t10?,11-,12?,13?,14+/m1/s1. The highest BCUT2D eigenvalue weighted by Crippen LogP contribution is 2.25. The van der Waals surface area contributed by atoms with Gasteiger partial charge in [0.1, 0.15) is 36.8 Å². The number of ether oxygens (including phenoxy) is 3. The van der Waals surface area contributed by atoms with Crippen LogP contribution in [-0.2, 0) is 14.3 Å². The smallest absolute Gasteiger partial charge is 0.302 e. The molecule has 0 bridgehead atoms. The Kier molecular flexibility index (Phi) is 5.67. The van der Waals surface area contributed by atoms with Crippen molar-refractivity contribution in [3.63, 3.8) is 0 Å². The van der Waals surface area contributed by atoms with Gasteiger partial charge in [0.05, 0.1) is 4.92 Å². The Balaban J connectivity index is 2.06. The van der Waals surface area contributed by atoms with E-state index in [0.29, 0.717) is 0 Å². The number of aliphatic hydroxyl groups is 3. The molecule has 24 heavy (non-hydrogen) atoms. The van der Waals surface area contributed by atoms with Crippen molar-refractivity contribution in [3.05, 3.63) is 34.4 Å². The molecule has 1 aromatic carbocycles. The van der Waals surface area contributed by atoms with Gasteiger partial charge in [0.15, 0.2) is 0 Å². The molecule has 5 atom stereocenters. The van der Waals surface area contributed by atoms with Crippen LogP contribution >= 0.6 is 0 Å². The summed E-state index contributed by atoms with van der Waals surface area (Å²) >= 11 is 0. The summed E-state index contributed by atoms with van der Waals surface area (Å²) in [6.07, 6.45) is -7.08. The van der Waals surface area contributed by atoms with Gasteiger partial charge in [-0.05, 0) is 12.1 Å². The minimum Gasteiger partial charge on any atom is -0.463 e. The maximum atomic E-state index is 10.8. The third-order valence-corrected chi connectivity index (χ3v) is 3.42. The first-order valence-electron chi connectivity index (χ1n) is 7.03. The molecule has 0 radical (unpaired) electrons. The molecule has 2 rings (SSSR count). The fourth-order valence-corrected chi connectivity index (χ4v) is 2.13. The van der Waals surface area contributed by atoms with E-state index >= 15 is 0 Å². The Morgan fingerprint density at radius 1 is 1.21 bits per heavy atom. The number of carbonyl (C=O) groups excluding carboxylic acids is 1. The topological polar surface area (TPSA) is 149 Å². The molecule has 1 saturated heterocycles. The first-order valence-corrected chi connectivity index (χ1v) is 7.03. The average molecular weight is 343 g/mol. The summed E-state index contributed by atoms with van der Waals surface area (Å²) in [5.74, 6) is -0.446. The molecule has 10 heteroatoms. The summed E-state index contributed by atoms with van der Waals surface area (Å²) in [6.45, 7) is 0.839. The van der Waals surface area contributed by atoms with Crippen LogP contribution in [0.15, 0.2) is 24.3 Å². The van der Waals surface area contributed by atoms with Crippen molar-refractivity contribution >= 4 is 11.7 Å². The van der Waals surface area contributed by atoms with Crippen LogP contribution in [0, 0.1) is 10.1 Å². The Morgan fingerprint density at radius 3 is 2.38 bits per heavy atom. The fraction of sp³-hybridized carbons (Fsp3) is 0.500. The van der Waals surface area contributed by atoms with E-state index in [-0.39, 0.29) is 18.0 Å². The van der Waals surface area contributed by atoms with Crippen molar-refractivity contribution < 1.29 is 39.2 Å². The van der Waals surface area contributed by atoms with Crippen LogP contribution in [0.2, 0.25) is 0 Å². The number of nitro groups is 1. The lowest BCUT2D eigenvalue weighted by atomic mass is 9.99. The van der Waals surface area contributed by atoms with Gasteiger partial charge in [-0.15, -0.1) is 0 Å². The zero-order valence-electron chi connectivity index (χ0n) is 12.6. The SMILES string of the molecule is CC(=O)OCC1O[C@H](Oc2ccc([N+](=O)[O-])cc2)C(O)C(O)[C@@H]1O. The van der Waals surface area contributed by atoms with Gasteiger partial charge in [-0.25, -0.2) is 0 Å². The van der Waals surface area contributed by atoms with Gasteiger partial charge in [0, 0.05) is 19.1 Å². The molecule has 3 N–H and O–H groups in total. The number of nitrogens with zero attached hydrogens (tertiary/aromatic N) is 1. The Labute approximate surface area is 136 Å². The van der Waals surface area contributed by atoms with Crippen LogP contribution in [0.4, 0.5) is 5.69 Å². The summed E-state index contributed by atoms with van der Waals surface area (Å²) in [7, 11) is 0. The van der Waals surface area contributed by atoms with E-state index in [1.54, 1.807) is 0 Å². The van der Waals surface area contributed by atoms with Crippen LogP contribution in [0.5, 0.6) is 5.75 Å². The number of non-ortho nitro benzene ring substituents is 1. The van der Waals surface area contributed by atoms with E-state index in [2.05, 4.69) is 0 Å². The predicted molar refractivity (Wildman–Crippen MR) is 77.0 cm³/mol. The van der Waals surface area contributed by atoms with Crippen molar-refractivity contribution in [1.29, 1.82) is 0 Å². The van der Waals surface area contributed by atoms with E-state index in [4.69, 9.17) is 14.2 Å². The quantitative estimate of drug-likeness (QED) is 0.360. The largest absolute Gasteiger partial charge is 0.463 e. The average Bonchev–Trinajstić information content (AvgIpc) is 2.54. The second-order valence-electron chi connectivity index (χ2n) is 5.19. The Hall–Kier alpha value is -2.27. The number of benzene rings is 1. The second-order valence-corrected chi connectivity index (χ2v) is 5.19. The summed E-state index contributed by atoms with van der Waals surface area (Å²) in [5, 5.41) is 40.2. The number of hydrogen-bond acceptors (Lipinski definition) is 9. The van der Waals surface area contributed by atoms with E-state index in [1.807, 2.05) is 0 Å². The van der Waals surface area contributed by atoms with Gasteiger partial charge < -0.3 is 29.5 Å². The van der Waals surface area contributed by atoms with Crippen LogP contribution < -0.4 is 4.74 Å². The maximum absolute atomic E-state index is 10.8. The third-order valence-electron chi connectivity index (χ3n) is 3.42. The van der Waals surface area contributed by atoms with Crippen molar-refractivity contribution in [2.75, 3.05) is 6.61 Å². The summed E-state index contributed by atoms with van der Waals surface area (Å²) < 4.78 is 15.4. The van der Waals surface area contributed by atoms with Gasteiger partial charge in [0.2, 0.25) is 6.29 Å². The number of carbonyl (C=O) groups is 1. The molecule has 0 aromatic heterocycles. The van der Waals surface area contributed by atoms with Crippen LogP contribution in [-0.4, -0.2) is 63.5 Å². The van der Waals surface area contributed by atoms with Gasteiger partial charge in [-0.1, -0.05) is 0 Å². The molecular formula is C14H17NO9. The molecule has 132 valence electrons. The van der Waals surface area contributed by atoms with E-state index in [9.17, 15) is 30.2 Å². The molecule has 1 aliphatic heterocycles. The van der Waals surface area contributed by atoms with Crippen molar-refractivity contribution in [3.8, 4) is 5.75 Å². The minimum atomic E-state index is -1.58. The highest BCUT2D eigenvalue weighted by Gasteiger charge is 2.45. The molecule has 0 spiro atoms. The first-order chi connectivity index (χ1) is 11.3. The fourth-order valence-electron chi connectivity index (χ4n) is 2.13. The summed E-state index contributed by atoms with van der Waals surface area (Å²) in [5.41, 5.74) is -0.143. The monoisotopic (exact) mass is 343 g/mol. The molecule has 1 fully saturated rings. The summed E-state index contributed by atoms with van der Waals surface area (Å²) in [4.78, 5) is 20.9. The van der Waals surface area contributed by atoms with Crippen molar-refractivity contribution in [2.45, 2.75) is 37.6 Å². The lowest BCUT2D eigenvalue weighted by molar-refractivity contribution is -0.384. The van der Waals surface area contributed by atoms with Crippen LogP contribution in [0.1, 0.15) is 6.92 Å². The molecular weight excluding hydrogens is 326 g/mol. The predicted octanol–water partition coefficient (Wildman–Crippen LogP) is -0.656. The van der Waals surface area contributed by atoms with Crippen molar-refractivity contribution in [1.82, 2.24) is 0 Å². The highest BCUT2D eigenvalue weighted by molar-refractivity contribution is 5.65. The molecule has 3 unspecified atom stereocenters. The minimum absolute atomic E-state index is 0.143. The third kappa shape index (κ3) is 4.17. The van der Waals surface area contributed by atoms with E-state index in [0.717, 1.165) is 0 Å². The number of nitro benzene ring substituents is 1. The van der Waals surface area contributed by atoms with Gasteiger partial charge >= 0.3 is 5.97 Å². The molecule has 10 nitrogen and oxygen atoms in total. The van der Waals surface area contributed by atoms with Crippen molar-refractivity contribution in [2.24, 2.45) is 0 Å². The molecule has 0 amide bonds. The number of esters is 1. The zero-order chi connectivity index (χ0) is 17.9. The molecule has 1 aromatic rings. The summed E-state index contributed by atoms with van der Waals surface area (Å²) in [6, 6.07) is 5.00. The molecule has 1 heterocycles. The normalized spacial score (nSPS) is 29.8. The van der Waals surface area contributed by atoms with E-state index < -0.39 is 41.6 Å². The first kappa shape index (κ1) is 18.1. The Bertz CT molecular complexity index is 590. The maximum Gasteiger partial charge on any atom is 0.302 e. The molecule has 0 aliphatic carbocycles. The number of aliphatic hydroxyl groups excluding tert-OH is 3. The van der Waals surface area contributed by atoms with Crippen LogP contribution in [0.3, 0.4) is 0 Å². The number of hydrogen-bond donors (Lipinski definition) is 3. The van der Waals surface area contributed by atoms with E-state index in [1.165, 1.54) is 31.2 Å². The van der Waals surface area contributed by atoms with Gasteiger partial charge in [-0.3, -0.25) is 14.9 Å². The molecule has 1 aliphatic rings. The van der Waals surface area contributed by atoms with Crippen LogP contribution in [0.25, 0.3) is 0 Å². The lowest BCUT2D eigenvalue weighted by Crippen LogP contribution is -2.60. The van der Waals surface area contributed by atoms with Gasteiger partial charge in [-0.2, -0.15) is 0 Å². The highest BCUT2D eigenvalue weighted by atomic mass is 16.7. The number of rotatable bonds is 5. The lowest BCUT2D eigenvalue weighted by Gasteiger charge is -2.39. The zero-order valence-corrected chi connectivity index (χ0v) is 12.6. The Morgan fingerprint density at radius 2 is 1.83 bits per heavy atom.